The lowest BCUT2D eigenvalue weighted by atomic mass is 9.73. The van der Waals surface area contributed by atoms with Gasteiger partial charge in [-0.2, -0.15) is 0 Å². The maximum atomic E-state index is 11.2. The van der Waals surface area contributed by atoms with E-state index in [9.17, 15) is 4.79 Å². The first-order valence-corrected chi connectivity index (χ1v) is 9.42. The normalized spacial score (nSPS) is 19.2. The van der Waals surface area contributed by atoms with Gasteiger partial charge < -0.3 is 15.5 Å². The van der Waals surface area contributed by atoms with E-state index in [1.807, 2.05) is 25.2 Å². The number of nitrogens with zero attached hydrogens (tertiary/aromatic N) is 2. The van der Waals surface area contributed by atoms with Crippen molar-refractivity contribution in [3.05, 3.63) is 29.8 Å². The van der Waals surface area contributed by atoms with E-state index in [0.717, 1.165) is 30.3 Å². The molecule has 5 nitrogen and oxygen atoms in total. The van der Waals surface area contributed by atoms with Gasteiger partial charge in [0.05, 0.1) is 0 Å². The number of aliphatic imine (C=N–C) groups is 1. The molecule has 1 saturated heterocycles. The molecule has 0 atom stereocenters. The van der Waals surface area contributed by atoms with E-state index < -0.39 is 0 Å². The van der Waals surface area contributed by atoms with Crippen LogP contribution in [0.15, 0.2) is 29.3 Å². The van der Waals surface area contributed by atoms with Gasteiger partial charge in [0.1, 0.15) is 0 Å². The standard InChI is InChI=1S/C20H30N4O.HI/c1-16(25)23-18-8-6-7-17(13-18)14-22-19(21-2)24-12-11-20(15-24)9-4-3-5-10-20;/h6-8,13H,3-5,9-12,14-15H2,1-2H3,(H,21,22)(H,23,25);1H. The summed E-state index contributed by atoms with van der Waals surface area (Å²) in [5, 5.41) is 6.33. The van der Waals surface area contributed by atoms with Gasteiger partial charge in [0, 0.05) is 39.3 Å². The molecule has 1 aromatic carbocycles. The minimum Gasteiger partial charge on any atom is -0.352 e. The van der Waals surface area contributed by atoms with E-state index in [-0.39, 0.29) is 29.9 Å². The largest absolute Gasteiger partial charge is 0.352 e. The van der Waals surface area contributed by atoms with E-state index in [1.54, 1.807) is 0 Å². The number of benzene rings is 1. The summed E-state index contributed by atoms with van der Waals surface area (Å²) in [6, 6.07) is 7.96. The Labute approximate surface area is 174 Å². The molecule has 144 valence electrons. The van der Waals surface area contributed by atoms with Crippen LogP contribution in [0.5, 0.6) is 0 Å². The minimum atomic E-state index is -0.0456. The van der Waals surface area contributed by atoms with Crippen LogP contribution in [0.2, 0.25) is 0 Å². The highest BCUT2D eigenvalue weighted by Gasteiger charge is 2.39. The monoisotopic (exact) mass is 470 g/mol. The summed E-state index contributed by atoms with van der Waals surface area (Å²) >= 11 is 0. The second-order valence-corrected chi connectivity index (χ2v) is 7.51. The number of rotatable bonds is 3. The molecule has 1 spiro atoms. The first kappa shape index (κ1) is 21.0. The molecule has 2 aliphatic rings. The first-order valence-electron chi connectivity index (χ1n) is 9.42. The Balaban J connectivity index is 0.00000243. The number of carbonyl (C=O) groups is 1. The second-order valence-electron chi connectivity index (χ2n) is 7.51. The molecular formula is C20H31IN4O. The van der Waals surface area contributed by atoms with Crippen molar-refractivity contribution >= 4 is 41.5 Å². The van der Waals surface area contributed by atoms with Crippen molar-refractivity contribution in [2.75, 3.05) is 25.5 Å². The number of anilines is 1. The van der Waals surface area contributed by atoms with Gasteiger partial charge in [-0.25, -0.2) is 0 Å². The first-order chi connectivity index (χ1) is 12.1. The lowest BCUT2D eigenvalue weighted by Crippen LogP contribution is -2.41. The molecule has 1 aromatic rings. The maximum absolute atomic E-state index is 11.2. The van der Waals surface area contributed by atoms with E-state index in [2.05, 4.69) is 26.6 Å². The Bertz CT molecular complexity index is 640. The Hall–Kier alpha value is -1.31. The van der Waals surface area contributed by atoms with Gasteiger partial charge in [0.2, 0.25) is 5.91 Å². The van der Waals surface area contributed by atoms with Crippen LogP contribution in [-0.2, 0) is 11.3 Å². The molecule has 2 fully saturated rings. The number of halogens is 1. The predicted molar refractivity (Wildman–Crippen MR) is 118 cm³/mol. The molecule has 2 N–H and O–H groups in total. The smallest absolute Gasteiger partial charge is 0.221 e. The van der Waals surface area contributed by atoms with Crippen molar-refractivity contribution in [3.8, 4) is 0 Å². The van der Waals surface area contributed by atoms with Gasteiger partial charge >= 0.3 is 0 Å². The van der Waals surface area contributed by atoms with Gasteiger partial charge in [-0.15, -0.1) is 24.0 Å². The summed E-state index contributed by atoms with van der Waals surface area (Å²) in [6.45, 7) is 4.48. The van der Waals surface area contributed by atoms with Gasteiger partial charge in [0.15, 0.2) is 5.96 Å². The number of hydrogen-bond donors (Lipinski definition) is 2. The van der Waals surface area contributed by atoms with Crippen molar-refractivity contribution in [1.82, 2.24) is 10.2 Å². The third-order valence-corrected chi connectivity index (χ3v) is 5.56. The Morgan fingerprint density at radius 1 is 1.23 bits per heavy atom. The average molecular weight is 470 g/mol. The van der Waals surface area contributed by atoms with Crippen molar-refractivity contribution < 1.29 is 4.79 Å². The molecule has 6 heteroatoms. The van der Waals surface area contributed by atoms with E-state index in [4.69, 9.17) is 0 Å². The molecule has 1 aliphatic carbocycles. The zero-order valence-electron chi connectivity index (χ0n) is 15.9. The third-order valence-electron chi connectivity index (χ3n) is 5.56. The highest BCUT2D eigenvalue weighted by molar-refractivity contribution is 14.0. The summed E-state index contributed by atoms with van der Waals surface area (Å²) in [4.78, 5) is 18.1. The fraction of sp³-hybridized carbons (Fsp3) is 0.600. The van der Waals surface area contributed by atoms with Crippen LogP contribution in [0.25, 0.3) is 0 Å². The van der Waals surface area contributed by atoms with E-state index in [0.29, 0.717) is 12.0 Å². The van der Waals surface area contributed by atoms with Crippen LogP contribution in [0.3, 0.4) is 0 Å². The molecule has 3 rings (SSSR count). The van der Waals surface area contributed by atoms with Crippen molar-refractivity contribution in [2.45, 2.75) is 52.0 Å². The quantitative estimate of drug-likeness (QED) is 0.399. The van der Waals surface area contributed by atoms with Crippen molar-refractivity contribution in [2.24, 2.45) is 10.4 Å². The molecular weight excluding hydrogens is 439 g/mol. The lowest BCUT2D eigenvalue weighted by molar-refractivity contribution is -0.114. The zero-order chi connectivity index (χ0) is 17.7. The van der Waals surface area contributed by atoms with E-state index in [1.165, 1.54) is 45.4 Å². The predicted octanol–water partition coefficient (Wildman–Crippen LogP) is 3.99. The molecule has 1 heterocycles. The molecule has 1 saturated carbocycles. The number of likely N-dealkylation sites (tertiary alicyclic amines) is 1. The fourth-order valence-electron chi connectivity index (χ4n) is 4.30. The number of hydrogen-bond acceptors (Lipinski definition) is 2. The van der Waals surface area contributed by atoms with Gasteiger partial charge in [0.25, 0.3) is 0 Å². The topological polar surface area (TPSA) is 56.7 Å². The van der Waals surface area contributed by atoms with Crippen LogP contribution in [0.4, 0.5) is 5.69 Å². The number of amides is 1. The van der Waals surface area contributed by atoms with Gasteiger partial charge in [-0.1, -0.05) is 31.4 Å². The summed E-state index contributed by atoms with van der Waals surface area (Å²) in [7, 11) is 1.86. The summed E-state index contributed by atoms with van der Waals surface area (Å²) in [5.41, 5.74) is 2.50. The third kappa shape index (κ3) is 5.34. The van der Waals surface area contributed by atoms with Crippen LogP contribution >= 0.6 is 24.0 Å². The number of nitrogens with one attached hydrogen (secondary N) is 2. The van der Waals surface area contributed by atoms with Crippen LogP contribution in [0.1, 0.15) is 51.0 Å². The maximum Gasteiger partial charge on any atom is 0.221 e. The molecule has 0 bridgehead atoms. The van der Waals surface area contributed by atoms with Crippen LogP contribution < -0.4 is 10.6 Å². The molecule has 0 aromatic heterocycles. The highest BCUT2D eigenvalue weighted by Crippen LogP contribution is 2.43. The Kier molecular flexibility index (Phi) is 7.73. The van der Waals surface area contributed by atoms with Crippen LogP contribution in [0, 0.1) is 5.41 Å². The molecule has 26 heavy (non-hydrogen) atoms. The zero-order valence-corrected chi connectivity index (χ0v) is 18.2. The number of guanidine groups is 1. The average Bonchev–Trinajstić information content (AvgIpc) is 2.99. The van der Waals surface area contributed by atoms with Gasteiger partial charge in [-0.3, -0.25) is 9.79 Å². The molecule has 0 radical (unpaired) electrons. The van der Waals surface area contributed by atoms with Crippen molar-refractivity contribution in [3.63, 3.8) is 0 Å². The molecule has 0 unspecified atom stereocenters. The van der Waals surface area contributed by atoms with Gasteiger partial charge in [-0.05, 0) is 42.4 Å². The number of carbonyl (C=O) groups excluding carboxylic acids is 1. The summed E-state index contributed by atoms with van der Waals surface area (Å²) in [5.74, 6) is 0.947. The Morgan fingerprint density at radius 2 is 2.00 bits per heavy atom. The fourth-order valence-corrected chi connectivity index (χ4v) is 4.30. The minimum absolute atomic E-state index is 0. The summed E-state index contributed by atoms with van der Waals surface area (Å²) < 4.78 is 0. The molecule has 1 amide bonds. The highest BCUT2D eigenvalue weighted by atomic mass is 127. The van der Waals surface area contributed by atoms with E-state index >= 15 is 0 Å². The van der Waals surface area contributed by atoms with Crippen molar-refractivity contribution in [1.29, 1.82) is 0 Å². The van der Waals surface area contributed by atoms with Crippen LogP contribution in [-0.4, -0.2) is 36.9 Å². The SMILES string of the molecule is CN=C(NCc1cccc(NC(C)=O)c1)N1CCC2(CCCCC2)C1.I. The second kappa shape index (κ2) is 9.58. The lowest BCUT2D eigenvalue weighted by Gasteiger charge is -2.33. The summed E-state index contributed by atoms with van der Waals surface area (Å²) in [6.07, 6.45) is 8.22. The molecule has 1 aliphatic heterocycles. The Morgan fingerprint density at radius 3 is 2.69 bits per heavy atom.